The minimum atomic E-state index is 0.0550. The molecule has 0 radical (unpaired) electrons. The highest BCUT2D eigenvalue weighted by Gasteiger charge is 2.35. The molecule has 0 amide bonds. The summed E-state index contributed by atoms with van der Waals surface area (Å²) in [6, 6.07) is 0. The SMILES string of the molecule is CC(C)(C)CC(C)(C)C1CCC(OCCOCCOCCOCCO)CC1. The van der Waals surface area contributed by atoms with Crippen LogP contribution >= 0.6 is 0 Å². The fourth-order valence-electron chi connectivity index (χ4n) is 4.40. The average Bonchev–Trinajstić information content (AvgIpc) is 2.58. The molecule has 0 heterocycles. The third-order valence-electron chi connectivity index (χ3n) is 5.33. The first-order valence-corrected chi connectivity index (χ1v) is 10.7. The first-order valence-electron chi connectivity index (χ1n) is 10.7. The molecule has 1 aliphatic carbocycles. The van der Waals surface area contributed by atoms with E-state index in [-0.39, 0.29) is 6.61 Å². The topological polar surface area (TPSA) is 57.2 Å². The van der Waals surface area contributed by atoms with Crippen LogP contribution in [-0.4, -0.2) is 64.1 Å². The van der Waals surface area contributed by atoms with Crippen molar-refractivity contribution in [2.75, 3.05) is 52.9 Å². The summed E-state index contributed by atoms with van der Waals surface area (Å²) in [7, 11) is 0. The number of aliphatic hydroxyl groups is 1. The maximum Gasteiger partial charge on any atom is 0.0704 e. The van der Waals surface area contributed by atoms with E-state index in [0.29, 0.717) is 63.2 Å². The van der Waals surface area contributed by atoms with Gasteiger partial charge in [0.2, 0.25) is 0 Å². The largest absolute Gasteiger partial charge is 0.394 e. The van der Waals surface area contributed by atoms with E-state index in [1.165, 1.54) is 32.1 Å². The van der Waals surface area contributed by atoms with Crippen LogP contribution in [0.25, 0.3) is 0 Å². The van der Waals surface area contributed by atoms with Crippen molar-refractivity contribution in [1.29, 1.82) is 0 Å². The van der Waals surface area contributed by atoms with Gasteiger partial charge >= 0.3 is 0 Å². The van der Waals surface area contributed by atoms with Crippen LogP contribution in [0, 0.1) is 16.7 Å². The van der Waals surface area contributed by atoms with Crippen molar-refractivity contribution in [3.8, 4) is 0 Å². The van der Waals surface area contributed by atoms with E-state index in [0.717, 1.165) is 5.92 Å². The molecule has 0 aromatic rings. The number of hydrogen-bond acceptors (Lipinski definition) is 5. The van der Waals surface area contributed by atoms with Crippen molar-refractivity contribution in [2.45, 2.75) is 72.8 Å². The number of aliphatic hydroxyl groups excluding tert-OH is 1. The predicted molar refractivity (Wildman–Crippen MR) is 109 cm³/mol. The standard InChI is InChI=1S/C22H44O5/c1-21(2,3)18-22(4,5)19-6-8-20(9-7-19)27-17-16-26-15-14-25-13-12-24-11-10-23/h19-20,23H,6-18H2,1-5H3. The summed E-state index contributed by atoms with van der Waals surface area (Å²) in [4.78, 5) is 0. The minimum absolute atomic E-state index is 0.0550. The van der Waals surface area contributed by atoms with E-state index >= 15 is 0 Å². The second-order valence-electron chi connectivity index (χ2n) is 9.63. The molecule has 27 heavy (non-hydrogen) atoms. The lowest BCUT2D eigenvalue weighted by Gasteiger charge is -2.42. The smallest absolute Gasteiger partial charge is 0.0704 e. The maximum atomic E-state index is 8.57. The van der Waals surface area contributed by atoms with E-state index in [1.54, 1.807) is 0 Å². The van der Waals surface area contributed by atoms with Crippen LogP contribution < -0.4 is 0 Å². The number of rotatable bonds is 14. The Morgan fingerprint density at radius 3 is 1.67 bits per heavy atom. The zero-order chi connectivity index (χ0) is 20.2. The molecule has 0 unspecified atom stereocenters. The van der Waals surface area contributed by atoms with Gasteiger partial charge in [-0.3, -0.25) is 0 Å². The fourth-order valence-corrected chi connectivity index (χ4v) is 4.40. The molecule has 1 saturated carbocycles. The summed E-state index contributed by atoms with van der Waals surface area (Å²) < 4.78 is 22.1. The van der Waals surface area contributed by atoms with Crippen molar-refractivity contribution >= 4 is 0 Å². The zero-order valence-corrected chi connectivity index (χ0v) is 18.4. The molecule has 162 valence electrons. The Kier molecular flexibility index (Phi) is 12.1. The fraction of sp³-hybridized carbons (Fsp3) is 1.00. The molecule has 1 fully saturated rings. The van der Waals surface area contributed by atoms with Crippen molar-refractivity contribution in [2.24, 2.45) is 16.7 Å². The molecule has 0 aliphatic heterocycles. The predicted octanol–water partition coefficient (Wildman–Crippen LogP) is 4.07. The molecule has 5 nitrogen and oxygen atoms in total. The molecule has 0 bridgehead atoms. The van der Waals surface area contributed by atoms with E-state index in [1.807, 2.05) is 0 Å². The van der Waals surface area contributed by atoms with Gasteiger partial charge in [0.05, 0.1) is 59.0 Å². The second-order valence-corrected chi connectivity index (χ2v) is 9.63. The van der Waals surface area contributed by atoms with Crippen LogP contribution in [0.3, 0.4) is 0 Å². The first-order chi connectivity index (χ1) is 12.7. The lowest BCUT2D eigenvalue weighted by molar-refractivity contribution is -0.0398. The highest BCUT2D eigenvalue weighted by Crippen LogP contribution is 2.45. The zero-order valence-electron chi connectivity index (χ0n) is 18.4. The average molecular weight is 389 g/mol. The van der Waals surface area contributed by atoms with Crippen molar-refractivity contribution < 1.29 is 24.1 Å². The molecule has 0 aromatic carbocycles. The summed E-state index contributed by atoms with van der Waals surface area (Å²) in [6.45, 7) is 15.8. The minimum Gasteiger partial charge on any atom is -0.394 e. The Hall–Kier alpha value is -0.200. The van der Waals surface area contributed by atoms with Gasteiger partial charge < -0.3 is 24.1 Å². The third-order valence-corrected chi connectivity index (χ3v) is 5.33. The summed E-state index contributed by atoms with van der Waals surface area (Å²) in [5.41, 5.74) is 0.805. The molecule has 1 aliphatic rings. The molecular weight excluding hydrogens is 344 g/mol. The summed E-state index contributed by atoms with van der Waals surface area (Å²) in [5.74, 6) is 0.811. The molecular formula is C22H44O5. The highest BCUT2D eigenvalue weighted by atomic mass is 16.6. The van der Waals surface area contributed by atoms with Gasteiger partial charge in [-0.05, 0) is 48.9 Å². The summed E-state index contributed by atoms with van der Waals surface area (Å²) in [6.07, 6.45) is 6.58. The molecule has 1 rings (SSSR count). The maximum absolute atomic E-state index is 8.57. The van der Waals surface area contributed by atoms with Crippen LogP contribution in [0.2, 0.25) is 0 Å². The third kappa shape index (κ3) is 12.1. The van der Waals surface area contributed by atoms with Gasteiger partial charge in [-0.1, -0.05) is 34.6 Å². The quantitative estimate of drug-likeness (QED) is 0.455. The van der Waals surface area contributed by atoms with Crippen molar-refractivity contribution in [3.63, 3.8) is 0 Å². The summed E-state index contributed by atoms with van der Waals surface area (Å²) >= 11 is 0. The molecule has 1 N–H and O–H groups in total. The van der Waals surface area contributed by atoms with Crippen molar-refractivity contribution in [1.82, 2.24) is 0 Å². The lowest BCUT2D eigenvalue weighted by Crippen LogP contribution is -2.34. The summed E-state index contributed by atoms with van der Waals surface area (Å²) in [5, 5.41) is 8.57. The van der Waals surface area contributed by atoms with E-state index in [4.69, 9.17) is 24.1 Å². The van der Waals surface area contributed by atoms with Crippen LogP contribution in [0.4, 0.5) is 0 Å². The first kappa shape index (κ1) is 24.8. The van der Waals surface area contributed by atoms with Crippen LogP contribution in [0.15, 0.2) is 0 Å². The second kappa shape index (κ2) is 13.1. The van der Waals surface area contributed by atoms with E-state index < -0.39 is 0 Å². The van der Waals surface area contributed by atoms with E-state index in [2.05, 4.69) is 34.6 Å². The van der Waals surface area contributed by atoms with E-state index in [9.17, 15) is 0 Å². The van der Waals surface area contributed by atoms with Gasteiger partial charge in [0.25, 0.3) is 0 Å². The molecule has 0 aromatic heterocycles. The van der Waals surface area contributed by atoms with Crippen molar-refractivity contribution in [3.05, 3.63) is 0 Å². The molecule has 0 atom stereocenters. The Labute approximate surface area is 167 Å². The lowest BCUT2D eigenvalue weighted by atomic mass is 9.64. The van der Waals surface area contributed by atoms with Gasteiger partial charge in [0.1, 0.15) is 0 Å². The van der Waals surface area contributed by atoms with Gasteiger partial charge in [0, 0.05) is 0 Å². The normalized spacial score (nSPS) is 21.6. The molecule has 0 saturated heterocycles. The van der Waals surface area contributed by atoms with Gasteiger partial charge in [-0.25, -0.2) is 0 Å². The number of ether oxygens (including phenoxy) is 4. The Morgan fingerprint density at radius 2 is 1.19 bits per heavy atom. The Bertz CT molecular complexity index is 356. The molecule has 5 heteroatoms. The number of hydrogen-bond donors (Lipinski definition) is 1. The van der Waals surface area contributed by atoms with Gasteiger partial charge in [-0.15, -0.1) is 0 Å². The van der Waals surface area contributed by atoms with Crippen LogP contribution in [0.5, 0.6) is 0 Å². The van der Waals surface area contributed by atoms with Gasteiger partial charge in [0.15, 0.2) is 0 Å². The molecule has 0 spiro atoms. The Balaban J connectivity index is 2.00. The highest BCUT2D eigenvalue weighted by molar-refractivity contribution is 4.86. The van der Waals surface area contributed by atoms with Gasteiger partial charge in [-0.2, -0.15) is 0 Å². The van der Waals surface area contributed by atoms with Crippen LogP contribution in [-0.2, 0) is 18.9 Å². The van der Waals surface area contributed by atoms with Crippen LogP contribution in [0.1, 0.15) is 66.7 Å². The monoisotopic (exact) mass is 388 g/mol. The Morgan fingerprint density at radius 1 is 0.704 bits per heavy atom.